The van der Waals surface area contributed by atoms with Gasteiger partial charge < -0.3 is 19.3 Å². The zero-order valence-corrected chi connectivity index (χ0v) is 20.1. The molecule has 10 heteroatoms. The van der Waals surface area contributed by atoms with Crippen LogP contribution in [0.1, 0.15) is 30.7 Å². The highest BCUT2D eigenvalue weighted by molar-refractivity contribution is 7.14. The lowest BCUT2D eigenvalue weighted by Crippen LogP contribution is -2.53. The summed E-state index contributed by atoms with van der Waals surface area (Å²) in [6.45, 7) is 6.49. The van der Waals surface area contributed by atoms with Gasteiger partial charge in [0.2, 0.25) is 5.91 Å². The molecule has 2 aromatic rings. The molecule has 0 bridgehead atoms. The van der Waals surface area contributed by atoms with E-state index in [-0.39, 0.29) is 12.0 Å². The predicted octanol–water partition coefficient (Wildman–Crippen LogP) is 2.69. The van der Waals surface area contributed by atoms with Gasteiger partial charge in [0.15, 0.2) is 5.01 Å². The number of amides is 2. The number of piperidine rings is 1. The maximum Gasteiger partial charge on any atom is 0.409 e. The number of carbonyl (C=O) groups is 2. The molecule has 2 aliphatic rings. The van der Waals surface area contributed by atoms with Crippen molar-refractivity contribution >= 4 is 23.3 Å². The van der Waals surface area contributed by atoms with Crippen molar-refractivity contribution < 1.29 is 19.1 Å². The molecule has 2 amide bonds. The Bertz CT molecular complexity index is 952. The van der Waals surface area contributed by atoms with Gasteiger partial charge in [0.25, 0.3) is 0 Å². The van der Waals surface area contributed by atoms with Gasteiger partial charge >= 0.3 is 6.09 Å². The summed E-state index contributed by atoms with van der Waals surface area (Å²) in [6, 6.07) is 7.86. The summed E-state index contributed by atoms with van der Waals surface area (Å²) in [5, 5.41) is 10.8. The molecule has 1 aromatic carbocycles. The topological polar surface area (TPSA) is 88.1 Å². The number of aromatic nitrogens is 2. The number of methoxy groups -OCH3 is 1. The first-order valence-electron chi connectivity index (χ1n) is 11.5. The number of carbonyl (C=O) groups excluding carboxylic acids is 2. The standard InChI is InChI=1S/C23H31N5O4S/c1-3-32-23(30)28-14-12-27(13-15-28)20(29)16-26-10-8-17(9-11-26)21-24-25-22(33-21)18-6-4-5-7-19(18)31-2/h4-7,17H,3,8-16H2,1-2H3. The number of ether oxygens (including phenoxy) is 2. The molecule has 2 aliphatic heterocycles. The zero-order valence-electron chi connectivity index (χ0n) is 19.2. The molecule has 0 atom stereocenters. The summed E-state index contributed by atoms with van der Waals surface area (Å²) in [5.41, 5.74) is 0.967. The normalized spacial score (nSPS) is 17.8. The lowest BCUT2D eigenvalue weighted by molar-refractivity contribution is -0.134. The van der Waals surface area contributed by atoms with Crippen LogP contribution in [-0.2, 0) is 9.53 Å². The van der Waals surface area contributed by atoms with E-state index in [2.05, 4.69) is 15.1 Å². The number of hydrogen-bond acceptors (Lipinski definition) is 8. The Balaban J connectivity index is 1.25. The summed E-state index contributed by atoms with van der Waals surface area (Å²) >= 11 is 1.63. The monoisotopic (exact) mass is 473 g/mol. The Labute approximate surface area is 198 Å². The highest BCUT2D eigenvalue weighted by Crippen LogP contribution is 2.36. The molecule has 2 saturated heterocycles. The molecule has 0 unspecified atom stereocenters. The summed E-state index contributed by atoms with van der Waals surface area (Å²) in [7, 11) is 1.66. The van der Waals surface area contributed by atoms with Crippen LogP contribution in [0, 0.1) is 0 Å². The van der Waals surface area contributed by atoms with Gasteiger partial charge in [-0.1, -0.05) is 23.5 Å². The van der Waals surface area contributed by atoms with Gasteiger partial charge in [0, 0.05) is 32.1 Å². The molecule has 4 rings (SSSR count). The van der Waals surface area contributed by atoms with Crippen LogP contribution < -0.4 is 4.74 Å². The summed E-state index contributed by atoms with van der Waals surface area (Å²) in [5.74, 6) is 1.30. The molecule has 178 valence electrons. The Hall–Kier alpha value is -2.72. The van der Waals surface area contributed by atoms with Crippen molar-refractivity contribution in [1.82, 2.24) is 24.9 Å². The number of piperazine rings is 1. The molecule has 2 fully saturated rings. The van der Waals surface area contributed by atoms with E-state index in [9.17, 15) is 9.59 Å². The largest absolute Gasteiger partial charge is 0.496 e. The summed E-state index contributed by atoms with van der Waals surface area (Å²) in [6.07, 6.45) is 1.63. The van der Waals surface area contributed by atoms with Gasteiger partial charge in [-0.3, -0.25) is 9.69 Å². The highest BCUT2D eigenvalue weighted by Gasteiger charge is 2.29. The lowest BCUT2D eigenvalue weighted by Gasteiger charge is -2.36. The van der Waals surface area contributed by atoms with Gasteiger partial charge in [-0.2, -0.15) is 0 Å². The summed E-state index contributed by atoms with van der Waals surface area (Å²) in [4.78, 5) is 30.3. The van der Waals surface area contributed by atoms with Crippen LogP contribution in [0.2, 0.25) is 0 Å². The van der Waals surface area contributed by atoms with Crippen LogP contribution in [0.4, 0.5) is 4.79 Å². The Morgan fingerprint density at radius 3 is 2.42 bits per heavy atom. The van der Waals surface area contributed by atoms with E-state index in [1.54, 1.807) is 30.3 Å². The van der Waals surface area contributed by atoms with E-state index in [1.807, 2.05) is 29.2 Å². The number of rotatable bonds is 6. The quantitative estimate of drug-likeness (QED) is 0.637. The second-order valence-electron chi connectivity index (χ2n) is 8.26. The van der Waals surface area contributed by atoms with E-state index in [0.717, 1.165) is 47.3 Å². The van der Waals surface area contributed by atoms with Crippen molar-refractivity contribution in [2.75, 3.05) is 59.5 Å². The fourth-order valence-electron chi connectivity index (χ4n) is 4.31. The third kappa shape index (κ3) is 5.62. The maximum atomic E-state index is 12.8. The van der Waals surface area contributed by atoms with Crippen molar-refractivity contribution in [3.63, 3.8) is 0 Å². The molecule has 9 nitrogen and oxygen atoms in total. The fourth-order valence-corrected chi connectivity index (χ4v) is 5.35. The Morgan fingerprint density at radius 2 is 1.73 bits per heavy atom. The molecule has 1 aromatic heterocycles. The van der Waals surface area contributed by atoms with E-state index >= 15 is 0 Å². The molecular formula is C23H31N5O4S. The Kier molecular flexibility index (Phi) is 7.77. The second-order valence-corrected chi connectivity index (χ2v) is 9.27. The molecule has 0 saturated carbocycles. The van der Waals surface area contributed by atoms with Gasteiger partial charge in [-0.15, -0.1) is 10.2 Å². The first-order chi connectivity index (χ1) is 16.1. The van der Waals surface area contributed by atoms with Gasteiger partial charge in [0.05, 0.1) is 25.8 Å². The third-order valence-corrected chi connectivity index (χ3v) is 7.35. The third-order valence-electron chi connectivity index (χ3n) is 6.23. The number of benzene rings is 1. The predicted molar refractivity (Wildman–Crippen MR) is 125 cm³/mol. The number of para-hydroxylation sites is 1. The SMILES string of the molecule is CCOC(=O)N1CCN(C(=O)CN2CCC(c3nnc(-c4ccccc4OC)s3)CC2)CC1. The molecular weight excluding hydrogens is 442 g/mol. The number of hydrogen-bond donors (Lipinski definition) is 0. The van der Waals surface area contributed by atoms with E-state index < -0.39 is 0 Å². The van der Waals surface area contributed by atoms with Crippen molar-refractivity contribution in [3.8, 4) is 16.3 Å². The first kappa shape index (κ1) is 23.4. The fraction of sp³-hybridized carbons (Fsp3) is 0.565. The van der Waals surface area contributed by atoms with Crippen LogP contribution in [0.5, 0.6) is 5.75 Å². The minimum absolute atomic E-state index is 0.131. The molecule has 0 radical (unpaired) electrons. The number of likely N-dealkylation sites (tertiary alicyclic amines) is 1. The van der Waals surface area contributed by atoms with Crippen LogP contribution in [0.25, 0.3) is 10.6 Å². The van der Waals surface area contributed by atoms with Gasteiger partial charge in [-0.25, -0.2) is 4.79 Å². The first-order valence-corrected chi connectivity index (χ1v) is 12.3. The molecule has 3 heterocycles. The zero-order chi connectivity index (χ0) is 23.2. The van der Waals surface area contributed by atoms with E-state index in [0.29, 0.717) is 45.2 Å². The highest BCUT2D eigenvalue weighted by atomic mass is 32.1. The van der Waals surface area contributed by atoms with E-state index in [1.165, 1.54) is 0 Å². The average Bonchev–Trinajstić information content (AvgIpc) is 3.35. The van der Waals surface area contributed by atoms with Gasteiger partial charge in [0.1, 0.15) is 10.8 Å². The van der Waals surface area contributed by atoms with Crippen LogP contribution >= 0.6 is 11.3 Å². The minimum Gasteiger partial charge on any atom is -0.496 e. The lowest BCUT2D eigenvalue weighted by atomic mass is 9.97. The van der Waals surface area contributed by atoms with Crippen LogP contribution in [0.3, 0.4) is 0 Å². The molecule has 0 spiro atoms. The maximum absolute atomic E-state index is 12.8. The molecule has 0 aliphatic carbocycles. The second kappa shape index (κ2) is 10.9. The van der Waals surface area contributed by atoms with Crippen LogP contribution in [-0.4, -0.2) is 96.4 Å². The van der Waals surface area contributed by atoms with E-state index in [4.69, 9.17) is 9.47 Å². The number of nitrogens with zero attached hydrogens (tertiary/aromatic N) is 5. The molecule has 0 N–H and O–H groups in total. The van der Waals surface area contributed by atoms with Crippen LogP contribution in [0.15, 0.2) is 24.3 Å². The Morgan fingerprint density at radius 1 is 1.03 bits per heavy atom. The summed E-state index contributed by atoms with van der Waals surface area (Å²) < 4.78 is 10.5. The smallest absolute Gasteiger partial charge is 0.409 e. The van der Waals surface area contributed by atoms with Crippen molar-refractivity contribution in [2.24, 2.45) is 0 Å². The van der Waals surface area contributed by atoms with Gasteiger partial charge in [-0.05, 0) is 45.0 Å². The molecule has 33 heavy (non-hydrogen) atoms. The van der Waals surface area contributed by atoms with Crippen molar-refractivity contribution in [3.05, 3.63) is 29.3 Å². The van der Waals surface area contributed by atoms with Crippen molar-refractivity contribution in [1.29, 1.82) is 0 Å². The minimum atomic E-state index is -0.294. The van der Waals surface area contributed by atoms with Crippen molar-refractivity contribution in [2.45, 2.75) is 25.7 Å². The average molecular weight is 474 g/mol.